The maximum absolute atomic E-state index is 12.0. The number of carbonyl (C=O) groups is 1. The standard InChI is InChI=1S/C18H16N2O/c1-13(21)20-12-18(2,15-6-4-3-5-7-15)16-9-8-14(11-19)10-17(16)20/h3-10H,12H2,1-2H3. The predicted octanol–water partition coefficient (Wildman–Crippen LogP) is 3.23. The van der Waals surface area contributed by atoms with Gasteiger partial charge in [-0.2, -0.15) is 5.26 Å². The number of fused-ring (bicyclic) bond motifs is 1. The molecule has 0 N–H and O–H groups in total. The zero-order chi connectivity index (χ0) is 15.0. The molecule has 3 nitrogen and oxygen atoms in total. The zero-order valence-electron chi connectivity index (χ0n) is 12.1. The van der Waals surface area contributed by atoms with Gasteiger partial charge in [0, 0.05) is 24.6 Å². The number of hydrogen-bond donors (Lipinski definition) is 0. The SMILES string of the molecule is CC(=O)N1CC(C)(c2ccccc2)c2ccc(C#N)cc21. The first-order valence-electron chi connectivity index (χ1n) is 6.94. The van der Waals surface area contributed by atoms with E-state index in [4.69, 9.17) is 5.26 Å². The van der Waals surface area contributed by atoms with Crippen LogP contribution in [0.2, 0.25) is 0 Å². The quantitative estimate of drug-likeness (QED) is 0.802. The second-order valence-electron chi connectivity index (χ2n) is 5.65. The molecule has 3 rings (SSSR count). The van der Waals surface area contributed by atoms with Gasteiger partial charge in [0.2, 0.25) is 5.91 Å². The summed E-state index contributed by atoms with van der Waals surface area (Å²) < 4.78 is 0. The highest BCUT2D eigenvalue weighted by Crippen LogP contribution is 2.45. The van der Waals surface area contributed by atoms with E-state index >= 15 is 0 Å². The Hall–Kier alpha value is -2.60. The van der Waals surface area contributed by atoms with E-state index in [0.29, 0.717) is 12.1 Å². The summed E-state index contributed by atoms with van der Waals surface area (Å²) in [7, 11) is 0. The molecule has 0 saturated heterocycles. The maximum atomic E-state index is 12.0. The number of nitriles is 1. The topological polar surface area (TPSA) is 44.1 Å². The van der Waals surface area contributed by atoms with Gasteiger partial charge in [0.15, 0.2) is 0 Å². The van der Waals surface area contributed by atoms with E-state index < -0.39 is 0 Å². The Balaban J connectivity index is 2.21. The molecule has 0 bridgehead atoms. The minimum atomic E-state index is -0.240. The minimum Gasteiger partial charge on any atom is -0.311 e. The smallest absolute Gasteiger partial charge is 0.223 e. The van der Waals surface area contributed by atoms with Crippen molar-refractivity contribution in [2.24, 2.45) is 0 Å². The van der Waals surface area contributed by atoms with Crippen LogP contribution in [0, 0.1) is 11.3 Å². The maximum Gasteiger partial charge on any atom is 0.223 e. The fourth-order valence-electron chi connectivity index (χ4n) is 3.11. The molecule has 1 aliphatic heterocycles. The molecule has 1 aliphatic rings. The molecule has 0 fully saturated rings. The number of nitrogens with zero attached hydrogens (tertiary/aromatic N) is 2. The average molecular weight is 276 g/mol. The number of hydrogen-bond acceptors (Lipinski definition) is 2. The van der Waals surface area contributed by atoms with Crippen molar-refractivity contribution in [2.45, 2.75) is 19.3 Å². The molecule has 1 heterocycles. The summed E-state index contributed by atoms with van der Waals surface area (Å²) in [5.41, 5.74) is 3.48. The van der Waals surface area contributed by atoms with Gasteiger partial charge in [-0.05, 0) is 30.2 Å². The molecule has 2 aromatic rings. The van der Waals surface area contributed by atoms with E-state index in [9.17, 15) is 4.79 Å². The molecule has 2 aromatic carbocycles. The normalized spacial score (nSPS) is 20.0. The first-order chi connectivity index (χ1) is 10.1. The van der Waals surface area contributed by atoms with Crippen molar-refractivity contribution in [1.82, 2.24) is 0 Å². The molecule has 0 spiro atoms. The van der Waals surface area contributed by atoms with Crippen molar-refractivity contribution in [3.63, 3.8) is 0 Å². The zero-order valence-corrected chi connectivity index (χ0v) is 12.1. The Labute approximate surface area is 124 Å². The van der Waals surface area contributed by atoms with Gasteiger partial charge in [-0.3, -0.25) is 4.79 Å². The lowest BCUT2D eigenvalue weighted by Crippen LogP contribution is -2.34. The van der Waals surface area contributed by atoms with E-state index in [1.165, 1.54) is 5.56 Å². The van der Waals surface area contributed by atoms with Gasteiger partial charge in [-0.1, -0.05) is 36.4 Å². The van der Waals surface area contributed by atoms with Crippen LogP contribution in [-0.2, 0) is 10.2 Å². The van der Waals surface area contributed by atoms with Gasteiger partial charge in [0.1, 0.15) is 0 Å². The second kappa shape index (κ2) is 4.75. The van der Waals surface area contributed by atoms with Gasteiger partial charge in [0.05, 0.1) is 11.6 Å². The Morgan fingerprint density at radius 1 is 1.24 bits per heavy atom. The van der Waals surface area contributed by atoms with Crippen molar-refractivity contribution in [1.29, 1.82) is 5.26 Å². The van der Waals surface area contributed by atoms with Crippen LogP contribution in [-0.4, -0.2) is 12.5 Å². The summed E-state index contributed by atoms with van der Waals surface area (Å²) in [6.45, 7) is 4.33. The van der Waals surface area contributed by atoms with Crippen molar-refractivity contribution in [3.8, 4) is 6.07 Å². The third-order valence-electron chi connectivity index (χ3n) is 4.28. The van der Waals surface area contributed by atoms with Crippen LogP contribution in [0.3, 0.4) is 0 Å². The lowest BCUT2D eigenvalue weighted by molar-refractivity contribution is -0.116. The highest BCUT2D eigenvalue weighted by molar-refractivity contribution is 5.95. The van der Waals surface area contributed by atoms with E-state index in [-0.39, 0.29) is 11.3 Å². The third kappa shape index (κ3) is 2.00. The highest BCUT2D eigenvalue weighted by Gasteiger charge is 2.41. The Kier molecular flexibility index (Phi) is 3.03. The summed E-state index contributed by atoms with van der Waals surface area (Å²) in [6, 6.07) is 18.0. The fraction of sp³-hybridized carbons (Fsp3) is 0.222. The molecular formula is C18H16N2O. The number of rotatable bonds is 1. The number of anilines is 1. The highest BCUT2D eigenvalue weighted by atomic mass is 16.2. The van der Waals surface area contributed by atoms with E-state index in [0.717, 1.165) is 11.3 Å². The van der Waals surface area contributed by atoms with Crippen molar-refractivity contribution < 1.29 is 4.79 Å². The monoisotopic (exact) mass is 276 g/mol. The molecule has 1 unspecified atom stereocenters. The number of benzene rings is 2. The van der Waals surface area contributed by atoms with Gasteiger partial charge in [0.25, 0.3) is 0 Å². The van der Waals surface area contributed by atoms with E-state index in [1.807, 2.05) is 36.4 Å². The summed E-state index contributed by atoms with van der Waals surface area (Å²) in [5, 5.41) is 9.09. The largest absolute Gasteiger partial charge is 0.311 e. The van der Waals surface area contributed by atoms with Crippen LogP contribution in [0.25, 0.3) is 0 Å². The van der Waals surface area contributed by atoms with Gasteiger partial charge >= 0.3 is 0 Å². The van der Waals surface area contributed by atoms with Crippen molar-refractivity contribution in [3.05, 3.63) is 65.2 Å². The van der Waals surface area contributed by atoms with E-state index in [1.54, 1.807) is 11.8 Å². The Morgan fingerprint density at radius 3 is 2.57 bits per heavy atom. The van der Waals surface area contributed by atoms with Crippen molar-refractivity contribution >= 4 is 11.6 Å². The van der Waals surface area contributed by atoms with Crippen LogP contribution in [0.5, 0.6) is 0 Å². The first-order valence-corrected chi connectivity index (χ1v) is 6.94. The van der Waals surface area contributed by atoms with Crippen LogP contribution in [0.15, 0.2) is 48.5 Å². The summed E-state index contributed by atoms with van der Waals surface area (Å²) >= 11 is 0. The number of carbonyl (C=O) groups excluding carboxylic acids is 1. The molecule has 0 aliphatic carbocycles. The van der Waals surface area contributed by atoms with Crippen LogP contribution >= 0.6 is 0 Å². The first kappa shape index (κ1) is 13.4. The lowest BCUT2D eigenvalue weighted by Gasteiger charge is -2.26. The number of amides is 1. The summed E-state index contributed by atoms with van der Waals surface area (Å²) in [5.74, 6) is 0.00555. The lowest BCUT2D eigenvalue weighted by atomic mass is 9.78. The molecule has 1 amide bonds. The third-order valence-corrected chi connectivity index (χ3v) is 4.28. The predicted molar refractivity (Wildman–Crippen MR) is 82.1 cm³/mol. The Morgan fingerprint density at radius 2 is 1.95 bits per heavy atom. The minimum absolute atomic E-state index is 0.00555. The Bertz CT molecular complexity index is 746. The molecule has 0 saturated carbocycles. The van der Waals surface area contributed by atoms with Crippen LogP contribution in [0.1, 0.15) is 30.5 Å². The van der Waals surface area contributed by atoms with Gasteiger partial charge in [-0.25, -0.2) is 0 Å². The molecular weight excluding hydrogens is 260 g/mol. The molecule has 1 atom stereocenters. The molecule has 21 heavy (non-hydrogen) atoms. The van der Waals surface area contributed by atoms with Crippen LogP contribution < -0.4 is 4.90 Å². The second-order valence-corrected chi connectivity index (χ2v) is 5.65. The molecule has 104 valence electrons. The van der Waals surface area contributed by atoms with Gasteiger partial charge < -0.3 is 4.90 Å². The molecule has 0 radical (unpaired) electrons. The summed E-state index contributed by atoms with van der Waals surface area (Å²) in [4.78, 5) is 13.7. The molecule has 3 heteroatoms. The van der Waals surface area contributed by atoms with Crippen LogP contribution in [0.4, 0.5) is 5.69 Å². The molecule has 0 aromatic heterocycles. The van der Waals surface area contributed by atoms with E-state index in [2.05, 4.69) is 25.1 Å². The van der Waals surface area contributed by atoms with Crippen molar-refractivity contribution in [2.75, 3.05) is 11.4 Å². The summed E-state index contributed by atoms with van der Waals surface area (Å²) in [6.07, 6.45) is 0. The average Bonchev–Trinajstić information content (AvgIpc) is 2.82. The fourth-order valence-corrected chi connectivity index (χ4v) is 3.11. The van der Waals surface area contributed by atoms with Gasteiger partial charge in [-0.15, -0.1) is 0 Å².